The molecule has 2 unspecified atom stereocenters. The van der Waals surface area contributed by atoms with E-state index in [4.69, 9.17) is 4.42 Å². The minimum atomic E-state index is -0.429. The van der Waals surface area contributed by atoms with Gasteiger partial charge in [0, 0.05) is 35.3 Å². The molecule has 2 heterocycles. The van der Waals surface area contributed by atoms with Gasteiger partial charge in [-0.05, 0) is 68.0 Å². The third kappa shape index (κ3) is 4.20. The molecule has 3 aromatic rings. The van der Waals surface area contributed by atoms with E-state index in [9.17, 15) is 14.0 Å². The number of amides is 2. The molecule has 2 atom stereocenters. The highest BCUT2D eigenvalue weighted by atomic mass is 19.1. The number of carbonyl (C=O) groups excluding carboxylic acids is 2. The zero-order chi connectivity index (χ0) is 22.3. The lowest BCUT2D eigenvalue weighted by atomic mass is 9.91. The normalized spacial score (nSPS) is 18.9. The quantitative estimate of drug-likeness (QED) is 0.601. The van der Waals surface area contributed by atoms with Crippen LogP contribution in [0.3, 0.4) is 0 Å². The van der Waals surface area contributed by atoms with E-state index in [1.165, 1.54) is 18.2 Å². The van der Waals surface area contributed by atoms with Crippen LogP contribution in [-0.4, -0.2) is 29.8 Å². The Hall–Kier alpha value is -3.15. The maximum atomic E-state index is 13.6. The van der Waals surface area contributed by atoms with Crippen LogP contribution in [0, 0.1) is 31.5 Å². The minimum absolute atomic E-state index is 0.0238. The molecule has 0 bridgehead atoms. The Labute approximate surface area is 181 Å². The number of fused-ring (bicyclic) bond motifs is 1. The first-order valence-electron chi connectivity index (χ1n) is 10.6. The van der Waals surface area contributed by atoms with Crippen molar-refractivity contribution in [1.29, 1.82) is 0 Å². The number of carbonyl (C=O) groups is 2. The predicted molar refractivity (Wildman–Crippen MR) is 119 cm³/mol. The topological polar surface area (TPSA) is 62.6 Å². The van der Waals surface area contributed by atoms with Gasteiger partial charge < -0.3 is 14.6 Å². The van der Waals surface area contributed by atoms with Crippen LogP contribution in [0.1, 0.15) is 52.3 Å². The average Bonchev–Trinajstić information content (AvgIpc) is 3.04. The summed E-state index contributed by atoms with van der Waals surface area (Å²) >= 11 is 0. The smallest absolute Gasteiger partial charge is 0.291 e. The second kappa shape index (κ2) is 8.17. The van der Waals surface area contributed by atoms with Crippen molar-refractivity contribution in [2.75, 3.05) is 18.4 Å². The second-order valence-corrected chi connectivity index (χ2v) is 8.84. The van der Waals surface area contributed by atoms with Crippen molar-refractivity contribution in [1.82, 2.24) is 4.90 Å². The van der Waals surface area contributed by atoms with Gasteiger partial charge in [-0.1, -0.05) is 19.9 Å². The van der Waals surface area contributed by atoms with Crippen LogP contribution >= 0.6 is 0 Å². The summed E-state index contributed by atoms with van der Waals surface area (Å²) in [6.45, 7) is 9.42. The number of aryl methyl sites for hydroxylation is 2. The maximum Gasteiger partial charge on any atom is 0.291 e. The number of nitrogens with zero attached hydrogens (tertiary/aromatic N) is 1. The molecular weight excluding hydrogens is 395 g/mol. The average molecular weight is 423 g/mol. The first-order valence-corrected chi connectivity index (χ1v) is 10.6. The molecule has 1 aliphatic rings. The summed E-state index contributed by atoms with van der Waals surface area (Å²) in [6.07, 6.45) is 1.12. The summed E-state index contributed by atoms with van der Waals surface area (Å²) in [4.78, 5) is 27.9. The van der Waals surface area contributed by atoms with Gasteiger partial charge in [-0.25, -0.2) is 4.39 Å². The number of furan rings is 1. The number of piperidine rings is 1. The summed E-state index contributed by atoms with van der Waals surface area (Å²) in [7, 11) is 0. The highest BCUT2D eigenvalue weighted by Gasteiger charge is 2.27. The van der Waals surface area contributed by atoms with Crippen LogP contribution < -0.4 is 5.32 Å². The van der Waals surface area contributed by atoms with Crippen molar-refractivity contribution in [2.45, 2.75) is 34.1 Å². The predicted octanol–water partition coefficient (Wildman–Crippen LogP) is 5.56. The number of anilines is 1. The molecule has 1 aliphatic heterocycles. The molecule has 0 aliphatic carbocycles. The van der Waals surface area contributed by atoms with E-state index in [1.807, 2.05) is 17.9 Å². The van der Waals surface area contributed by atoms with E-state index >= 15 is 0 Å². The number of hydrogen-bond acceptors (Lipinski definition) is 3. The van der Waals surface area contributed by atoms with Crippen molar-refractivity contribution >= 4 is 28.5 Å². The molecule has 1 N–H and O–H groups in total. The van der Waals surface area contributed by atoms with E-state index in [0.717, 1.165) is 25.1 Å². The molecular formula is C25H27FN2O3. The Kier molecular flexibility index (Phi) is 5.56. The third-order valence-electron chi connectivity index (χ3n) is 5.99. The highest BCUT2D eigenvalue weighted by molar-refractivity contribution is 6.07. The molecule has 4 rings (SSSR count). The van der Waals surface area contributed by atoms with Gasteiger partial charge in [0.05, 0.1) is 0 Å². The van der Waals surface area contributed by atoms with Crippen molar-refractivity contribution in [3.8, 4) is 0 Å². The van der Waals surface area contributed by atoms with Gasteiger partial charge in [0.25, 0.3) is 11.8 Å². The SMILES string of the molecule is Cc1ccc(C(=O)N2CC(C)CC(C)C2)cc1NC(=O)c1oc2ccc(F)cc2c1C. The second-order valence-electron chi connectivity index (χ2n) is 8.84. The van der Waals surface area contributed by atoms with Gasteiger partial charge in [-0.3, -0.25) is 9.59 Å². The molecule has 1 aromatic heterocycles. The Bertz CT molecular complexity index is 1160. The molecule has 2 amide bonds. The zero-order valence-electron chi connectivity index (χ0n) is 18.3. The standard InChI is InChI=1S/C25H27FN2O3/c1-14-9-15(2)13-28(12-14)25(30)18-6-5-16(3)21(10-18)27-24(29)23-17(4)20-11-19(26)7-8-22(20)31-23/h5-8,10-11,14-15H,9,12-13H2,1-4H3,(H,27,29). The number of rotatable bonds is 3. The summed E-state index contributed by atoms with van der Waals surface area (Å²) < 4.78 is 19.2. The van der Waals surface area contributed by atoms with Gasteiger partial charge in [-0.2, -0.15) is 0 Å². The number of benzene rings is 2. The molecule has 0 radical (unpaired) electrons. The van der Waals surface area contributed by atoms with Crippen LogP contribution in [-0.2, 0) is 0 Å². The van der Waals surface area contributed by atoms with E-state index in [2.05, 4.69) is 19.2 Å². The van der Waals surface area contributed by atoms with Crippen LogP contribution in [0.4, 0.5) is 10.1 Å². The van der Waals surface area contributed by atoms with E-state index in [1.54, 1.807) is 19.1 Å². The molecule has 1 fully saturated rings. The lowest BCUT2D eigenvalue weighted by molar-refractivity contribution is 0.0623. The maximum absolute atomic E-state index is 13.6. The number of likely N-dealkylation sites (tertiary alicyclic amines) is 1. The molecule has 1 saturated heterocycles. The lowest BCUT2D eigenvalue weighted by Crippen LogP contribution is -2.42. The molecule has 31 heavy (non-hydrogen) atoms. The van der Waals surface area contributed by atoms with E-state index in [-0.39, 0.29) is 17.5 Å². The fourth-order valence-electron chi connectivity index (χ4n) is 4.49. The van der Waals surface area contributed by atoms with Crippen molar-refractivity contribution < 1.29 is 18.4 Å². The molecule has 162 valence electrons. The van der Waals surface area contributed by atoms with Crippen molar-refractivity contribution in [3.63, 3.8) is 0 Å². The summed E-state index contributed by atoms with van der Waals surface area (Å²) in [5.74, 6) is 0.241. The molecule has 5 nitrogen and oxygen atoms in total. The minimum Gasteiger partial charge on any atom is -0.451 e. The number of halogens is 1. The molecule has 0 saturated carbocycles. The van der Waals surface area contributed by atoms with Crippen LogP contribution in [0.5, 0.6) is 0 Å². The first kappa shape index (κ1) is 21.1. The largest absolute Gasteiger partial charge is 0.451 e. The lowest BCUT2D eigenvalue weighted by Gasteiger charge is -2.35. The highest BCUT2D eigenvalue weighted by Crippen LogP contribution is 2.28. The number of nitrogens with one attached hydrogen (secondary N) is 1. The summed E-state index contributed by atoms with van der Waals surface area (Å²) in [6, 6.07) is 9.52. The summed E-state index contributed by atoms with van der Waals surface area (Å²) in [5.41, 5.74) is 2.97. The van der Waals surface area contributed by atoms with E-state index < -0.39 is 5.91 Å². The van der Waals surface area contributed by atoms with Gasteiger partial charge >= 0.3 is 0 Å². The van der Waals surface area contributed by atoms with Gasteiger partial charge in [-0.15, -0.1) is 0 Å². The van der Waals surface area contributed by atoms with E-state index in [0.29, 0.717) is 39.6 Å². The Balaban J connectivity index is 1.58. The fourth-order valence-corrected chi connectivity index (χ4v) is 4.49. The Morgan fingerprint density at radius 2 is 1.77 bits per heavy atom. The van der Waals surface area contributed by atoms with Crippen LogP contribution in [0.2, 0.25) is 0 Å². The van der Waals surface area contributed by atoms with Crippen molar-refractivity contribution in [3.05, 3.63) is 64.7 Å². The molecule has 0 spiro atoms. The van der Waals surface area contributed by atoms with Gasteiger partial charge in [0.2, 0.25) is 0 Å². The Morgan fingerprint density at radius 3 is 2.48 bits per heavy atom. The van der Waals surface area contributed by atoms with Crippen LogP contribution in [0.15, 0.2) is 40.8 Å². The zero-order valence-corrected chi connectivity index (χ0v) is 18.3. The van der Waals surface area contributed by atoms with Crippen molar-refractivity contribution in [2.24, 2.45) is 11.8 Å². The first-order chi connectivity index (χ1) is 14.7. The fraction of sp³-hybridized carbons (Fsp3) is 0.360. The summed E-state index contributed by atoms with van der Waals surface area (Å²) in [5, 5.41) is 3.43. The van der Waals surface area contributed by atoms with Gasteiger partial charge in [0.15, 0.2) is 5.76 Å². The van der Waals surface area contributed by atoms with Crippen LogP contribution in [0.25, 0.3) is 11.0 Å². The third-order valence-corrected chi connectivity index (χ3v) is 5.99. The molecule has 2 aromatic carbocycles. The monoisotopic (exact) mass is 422 g/mol. The van der Waals surface area contributed by atoms with Gasteiger partial charge in [0.1, 0.15) is 11.4 Å². The molecule has 6 heteroatoms. The number of hydrogen-bond donors (Lipinski definition) is 1. The Morgan fingerprint density at radius 1 is 1.06 bits per heavy atom.